The number of ether oxygens (including phenoxy) is 1. The minimum Gasteiger partial charge on any atom is -0.495 e. The second-order valence-electron chi connectivity index (χ2n) is 7.40. The average Bonchev–Trinajstić information content (AvgIpc) is 3.39. The monoisotopic (exact) mass is 501 g/mol. The van der Waals surface area contributed by atoms with E-state index in [0.29, 0.717) is 49.1 Å². The van der Waals surface area contributed by atoms with E-state index in [1.165, 1.54) is 25.1 Å². The summed E-state index contributed by atoms with van der Waals surface area (Å²) in [5.41, 5.74) is 1.41. The van der Waals surface area contributed by atoms with Gasteiger partial charge in [-0.2, -0.15) is 5.10 Å². The summed E-state index contributed by atoms with van der Waals surface area (Å²) in [4.78, 5) is 30.7. The molecule has 1 aliphatic heterocycles. The second-order valence-corrected chi connectivity index (χ2v) is 9.26. The van der Waals surface area contributed by atoms with Gasteiger partial charge in [-0.1, -0.05) is 41.0 Å². The number of carbonyl (C=O) groups excluding carboxylic acids is 1. The lowest BCUT2D eigenvalue weighted by atomic mass is 10.2. The maximum absolute atomic E-state index is 13.3. The first-order valence-electron chi connectivity index (χ1n) is 9.97. The van der Waals surface area contributed by atoms with Crippen LogP contribution in [0, 0.1) is 0 Å². The number of hydrogen-bond donors (Lipinski definition) is 1. The summed E-state index contributed by atoms with van der Waals surface area (Å²) in [5, 5.41) is 9.14. The molecule has 168 valence electrons. The molecule has 1 amide bonds. The fourth-order valence-electron chi connectivity index (χ4n) is 3.77. The van der Waals surface area contributed by atoms with Gasteiger partial charge < -0.3 is 10.1 Å². The van der Waals surface area contributed by atoms with Gasteiger partial charge in [-0.3, -0.25) is 14.2 Å². The summed E-state index contributed by atoms with van der Waals surface area (Å²) >= 11 is 13.6. The molecule has 0 saturated carbocycles. The van der Waals surface area contributed by atoms with Crippen molar-refractivity contribution in [2.45, 2.75) is 17.6 Å². The van der Waals surface area contributed by atoms with E-state index in [1.54, 1.807) is 39.6 Å². The Bertz CT molecular complexity index is 1450. The van der Waals surface area contributed by atoms with Crippen molar-refractivity contribution in [2.24, 2.45) is 0 Å². The molecule has 0 saturated heterocycles. The lowest BCUT2D eigenvalue weighted by Gasteiger charge is -2.15. The van der Waals surface area contributed by atoms with Crippen LogP contribution in [0.4, 0.5) is 5.69 Å². The topological polar surface area (TPSA) is 91.0 Å². The number of methoxy groups -OCH3 is 1. The highest BCUT2D eigenvalue weighted by Gasteiger charge is 2.30. The Balaban J connectivity index is 1.44. The number of halogens is 2. The largest absolute Gasteiger partial charge is 0.495 e. The summed E-state index contributed by atoms with van der Waals surface area (Å²) in [6.07, 6.45) is 1.60. The highest BCUT2D eigenvalue weighted by Crippen LogP contribution is 2.34. The predicted molar refractivity (Wildman–Crippen MR) is 129 cm³/mol. The fraction of sp³-hybridized carbons (Fsp3) is 0.182. The van der Waals surface area contributed by atoms with Gasteiger partial charge in [-0.15, -0.1) is 0 Å². The van der Waals surface area contributed by atoms with Crippen LogP contribution in [0.2, 0.25) is 10.0 Å². The Kier molecular flexibility index (Phi) is 5.77. The molecule has 5 rings (SSSR count). The quantitative estimate of drug-likeness (QED) is 0.402. The Morgan fingerprint density at radius 1 is 1.24 bits per heavy atom. The van der Waals surface area contributed by atoms with Gasteiger partial charge in [-0.25, -0.2) is 9.67 Å². The number of anilines is 1. The number of thioether (sulfide) groups is 1. The molecule has 4 aromatic rings. The highest BCUT2D eigenvalue weighted by molar-refractivity contribution is 7.99. The first-order chi connectivity index (χ1) is 15.9. The zero-order valence-electron chi connectivity index (χ0n) is 17.3. The van der Waals surface area contributed by atoms with Crippen LogP contribution in [0.25, 0.3) is 16.7 Å². The third-order valence-corrected chi connectivity index (χ3v) is 6.85. The van der Waals surface area contributed by atoms with Gasteiger partial charge in [0.25, 0.3) is 5.56 Å². The molecule has 2 aromatic carbocycles. The van der Waals surface area contributed by atoms with Crippen LogP contribution in [0.15, 0.2) is 58.6 Å². The van der Waals surface area contributed by atoms with Crippen LogP contribution in [-0.4, -0.2) is 38.1 Å². The molecule has 11 heteroatoms. The lowest BCUT2D eigenvalue weighted by Crippen LogP contribution is -2.27. The molecule has 1 unspecified atom stereocenters. The van der Waals surface area contributed by atoms with Gasteiger partial charge in [-0.05, 0) is 36.4 Å². The van der Waals surface area contributed by atoms with Crippen molar-refractivity contribution in [3.05, 3.63) is 69.1 Å². The molecule has 33 heavy (non-hydrogen) atoms. The van der Waals surface area contributed by atoms with Crippen molar-refractivity contribution in [3.63, 3.8) is 0 Å². The number of carbonyl (C=O) groups is 1. The number of rotatable bonds is 5. The number of benzene rings is 2. The molecule has 2 aromatic heterocycles. The van der Waals surface area contributed by atoms with Gasteiger partial charge in [0.1, 0.15) is 11.1 Å². The molecular weight excluding hydrogens is 485 g/mol. The normalized spacial score (nSPS) is 14.9. The molecule has 0 aliphatic carbocycles. The highest BCUT2D eigenvalue weighted by atomic mass is 35.5. The number of nitrogens with zero attached hydrogens (tertiary/aromatic N) is 4. The molecule has 8 nitrogen and oxygen atoms in total. The number of fused-ring (bicyclic) bond motifs is 2. The molecule has 1 aliphatic rings. The Morgan fingerprint density at radius 2 is 2.06 bits per heavy atom. The summed E-state index contributed by atoms with van der Waals surface area (Å²) in [6.45, 7) is 0. The van der Waals surface area contributed by atoms with Crippen molar-refractivity contribution < 1.29 is 9.53 Å². The van der Waals surface area contributed by atoms with E-state index in [2.05, 4.69) is 15.4 Å². The van der Waals surface area contributed by atoms with E-state index in [4.69, 9.17) is 27.9 Å². The first-order valence-corrected chi connectivity index (χ1v) is 11.7. The van der Waals surface area contributed by atoms with Crippen molar-refractivity contribution >= 4 is 57.6 Å². The number of nitrogens with one attached hydrogen (secondary N) is 1. The lowest BCUT2D eigenvalue weighted by molar-refractivity contribution is -0.116. The third-order valence-electron chi connectivity index (χ3n) is 5.28. The van der Waals surface area contributed by atoms with E-state index < -0.39 is 0 Å². The molecule has 3 heterocycles. The summed E-state index contributed by atoms with van der Waals surface area (Å²) in [6, 6.07) is 11.8. The molecule has 1 atom stereocenters. The van der Waals surface area contributed by atoms with E-state index in [9.17, 15) is 9.59 Å². The van der Waals surface area contributed by atoms with E-state index in [0.717, 1.165) is 0 Å². The Hall–Kier alpha value is -3.01. The minimum absolute atomic E-state index is 0.102. The fourth-order valence-corrected chi connectivity index (χ4v) is 5.26. The van der Waals surface area contributed by atoms with Crippen LogP contribution in [-0.2, 0) is 4.79 Å². The third kappa shape index (κ3) is 4.07. The number of hydrogen-bond acceptors (Lipinski definition) is 6. The van der Waals surface area contributed by atoms with Gasteiger partial charge >= 0.3 is 0 Å². The molecule has 0 bridgehead atoms. The number of amides is 1. The maximum Gasteiger partial charge on any atom is 0.265 e. The van der Waals surface area contributed by atoms with Crippen LogP contribution in [0.3, 0.4) is 0 Å². The zero-order chi connectivity index (χ0) is 23.1. The molecular formula is C22H17Cl2N5O3S. The Labute approximate surface area is 202 Å². The summed E-state index contributed by atoms with van der Waals surface area (Å²) < 4.78 is 8.45. The van der Waals surface area contributed by atoms with E-state index in [1.807, 2.05) is 12.1 Å². The van der Waals surface area contributed by atoms with Crippen LogP contribution < -0.4 is 15.6 Å². The minimum atomic E-state index is -0.339. The van der Waals surface area contributed by atoms with Crippen molar-refractivity contribution in [1.82, 2.24) is 19.3 Å². The van der Waals surface area contributed by atoms with Crippen molar-refractivity contribution in [3.8, 4) is 11.4 Å². The van der Waals surface area contributed by atoms with E-state index in [-0.39, 0.29) is 23.9 Å². The zero-order valence-corrected chi connectivity index (χ0v) is 19.6. The van der Waals surface area contributed by atoms with Crippen molar-refractivity contribution in [1.29, 1.82) is 0 Å². The van der Waals surface area contributed by atoms with Crippen molar-refractivity contribution in [2.75, 3.05) is 18.2 Å². The molecule has 0 radical (unpaired) electrons. The SMILES string of the molecule is COc1ccc(Cl)cc1NC(=O)CC1CSc2nc3c(cnn3-c3cccc(Cl)c3)c(=O)n21. The summed E-state index contributed by atoms with van der Waals surface area (Å²) in [7, 11) is 1.52. The van der Waals surface area contributed by atoms with Crippen LogP contribution >= 0.6 is 35.0 Å². The molecule has 1 N–H and O–H groups in total. The van der Waals surface area contributed by atoms with E-state index >= 15 is 0 Å². The van der Waals surface area contributed by atoms with Gasteiger partial charge in [0.15, 0.2) is 10.8 Å². The van der Waals surface area contributed by atoms with Gasteiger partial charge in [0.2, 0.25) is 5.91 Å². The number of aromatic nitrogens is 4. The average molecular weight is 502 g/mol. The Morgan fingerprint density at radius 3 is 2.85 bits per heavy atom. The second kappa shape index (κ2) is 8.74. The van der Waals surface area contributed by atoms with Crippen LogP contribution in [0.5, 0.6) is 5.75 Å². The summed E-state index contributed by atoms with van der Waals surface area (Å²) in [5.74, 6) is 0.804. The molecule has 0 spiro atoms. The maximum atomic E-state index is 13.3. The smallest absolute Gasteiger partial charge is 0.265 e. The first kappa shape index (κ1) is 21.8. The standard InChI is InChI=1S/C22H17Cl2N5O3S/c1-32-18-6-5-13(24)8-17(18)26-19(30)9-15-11-33-22-27-20-16(21(31)28(15)22)10-25-29(20)14-4-2-3-12(23)7-14/h2-8,10,15H,9,11H2,1H3,(H,26,30). The van der Waals surface area contributed by atoms with Gasteiger partial charge in [0, 0.05) is 22.2 Å². The van der Waals surface area contributed by atoms with Crippen LogP contribution in [0.1, 0.15) is 12.5 Å². The molecule has 0 fully saturated rings. The van der Waals surface area contributed by atoms with Gasteiger partial charge in [0.05, 0.1) is 30.7 Å². The predicted octanol–water partition coefficient (Wildman–Crippen LogP) is 4.57.